The largest absolute Gasteiger partial charge is 0.494 e. The predicted molar refractivity (Wildman–Crippen MR) is 120 cm³/mol. The van der Waals surface area contributed by atoms with Crippen LogP contribution in [-0.2, 0) is 26.9 Å². The molecule has 31 heavy (non-hydrogen) atoms. The molecule has 0 unspecified atom stereocenters. The van der Waals surface area contributed by atoms with E-state index in [0.29, 0.717) is 17.7 Å². The number of esters is 1. The summed E-state index contributed by atoms with van der Waals surface area (Å²) in [6.45, 7) is 2.81. The van der Waals surface area contributed by atoms with E-state index in [1.165, 1.54) is 0 Å². The van der Waals surface area contributed by atoms with E-state index in [2.05, 4.69) is 6.92 Å². The van der Waals surface area contributed by atoms with Crippen LogP contribution in [-0.4, -0.2) is 21.0 Å². The molecule has 6 heteroatoms. The third-order valence-electron chi connectivity index (χ3n) is 4.71. The molecule has 0 heterocycles. The van der Waals surface area contributed by atoms with Gasteiger partial charge in [-0.3, -0.25) is 0 Å². The van der Waals surface area contributed by atoms with E-state index in [1.54, 1.807) is 60.7 Å². The first-order valence-electron chi connectivity index (χ1n) is 10.2. The summed E-state index contributed by atoms with van der Waals surface area (Å²) in [6, 6.07) is 22.3. The van der Waals surface area contributed by atoms with Crippen LogP contribution >= 0.6 is 0 Å². The molecule has 0 aromatic heterocycles. The number of carbonyl (C=O) groups is 1. The number of benzene rings is 3. The van der Waals surface area contributed by atoms with Crippen molar-refractivity contribution in [3.8, 4) is 5.75 Å². The first-order valence-corrected chi connectivity index (χ1v) is 11.9. The number of ether oxygens (including phenoxy) is 2. The van der Waals surface area contributed by atoms with Gasteiger partial charge < -0.3 is 9.47 Å². The molecule has 0 saturated carbocycles. The first-order chi connectivity index (χ1) is 15.0. The van der Waals surface area contributed by atoms with Gasteiger partial charge in [0.05, 0.1) is 22.8 Å². The molecule has 162 valence electrons. The van der Waals surface area contributed by atoms with Gasteiger partial charge in [-0.05, 0) is 53.9 Å². The smallest absolute Gasteiger partial charge is 0.338 e. The second kappa shape index (κ2) is 10.8. The first kappa shape index (κ1) is 22.6. The molecule has 0 aliphatic heterocycles. The molecule has 5 nitrogen and oxygen atoms in total. The average Bonchev–Trinajstić information content (AvgIpc) is 2.79. The molecule has 0 aliphatic rings. The second-order valence-corrected chi connectivity index (χ2v) is 9.18. The lowest BCUT2D eigenvalue weighted by molar-refractivity contribution is 0.0472. The fraction of sp³-hybridized carbons (Fsp3) is 0.240. The second-order valence-electron chi connectivity index (χ2n) is 7.19. The van der Waals surface area contributed by atoms with Gasteiger partial charge in [-0.15, -0.1) is 0 Å². The fourth-order valence-electron chi connectivity index (χ4n) is 2.92. The highest BCUT2D eigenvalue weighted by Gasteiger charge is 2.15. The van der Waals surface area contributed by atoms with Gasteiger partial charge in [-0.1, -0.05) is 55.8 Å². The normalized spacial score (nSPS) is 11.1. The maximum atomic E-state index is 12.6. The molecule has 0 amide bonds. The molecule has 3 rings (SSSR count). The number of rotatable bonds is 10. The van der Waals surface area contributed by atoms with Crippen LogP contribution in [0.5, 0.6) is 5.75 Å². The zero-order valence-corrected chi connectivity index (χ0v) is 18.3. The third kappa shape index (κ3) is 6.69. The molecule has 0 saturated heterocycles. The minimum absolute atomic E-state index is 0.0552. The van der Waals surface area contributed by atoms with Gasteiger partial charge in [0.15, 0.2) is 9.84 Å². The van der Waals surface area contributed by atoms with Gasteiger partial charge >= 0.3 is 5.97 Å². The molecule has 0 N–H and O–H groups in total. The Kier molecular flexibility index (Phi) is 7.84. The monoisotopic (exact) mass is 438 g/mol. The molecule has 0 aliphatic carbocycles. The maximum absolute atomic E-state index is 12.6. The summed E-state index contributed by atoms with van der Waals surface area (Å²) in [4.78, 5) is 12.5. The van der Waals surface area contributed by atoms with Gasteiger partial charge in [0.2, 0.25) is 0 Å². The molecule has 3 aromatic rings. The lowest BCUT2D eigenvalue weighted by Crippen LogP contribution is -2.07. The summed E-state index contributed by atoms with van der Waals surface area (Å²) in [6.07, 6.45) is 2.04. The van der Waals surface area contributed by atoms with Crippen molar-refractivity contribution in [3.05, 3.63) is 95.6 Å². The Morgan fingerprint density at radius 2 is 1.52 bits per heavy atom. The Hall–Kier alpha value is -3.12. The minimum atomic E-state index is -3.44. The maximum Gasteiger partial charge on any atom is 0.338 e. The quantitative estimate of drug-likeness (QED) is 0.322. The van der Waals surface area contributed by atoms with Gasteiger partial charge in [0.1, 0.15) is 12.4 Å². The molecule has 0 fully saturated rings. The van der Waals surface area contributed by atoms with Crippen LogP contribution in [0.1, 0.15) is 41.3 Å². The van der Waals surface area contributed by atoms with Crippen molar-refractivity contribution in [3.63, 3.8) is 0 Å². The van der Waals surface area contributed by atoms with Crippen molar-refractivity contribution in [1.29, 1.82) is 0 Å². The van der Waals surface area contributed by atoms with Crippen LogP contribution in [0, 0.1) is 0 Å². The van der Waals surface area contributed by atoms with Crippen LogP contribution < -0.4 is 4.74 Å². The standard InChI is InChI=1S/C25H26O5S/c1-2-3-17-29-23-13-11-22(12-14-23)25(26)30-18-20-9-15-24(16-10-20)31(27,28)19-21-7-5-4-6-8-21/h4-16H,2-3,17-19H2,1H3. The number of sulfone groups is 1. The number of hydrogen-bond acceptors (Lipinski definition) is 5. The van der Waals surface area contributed by atoms with Crippen molar-refractivity contribution >= 4 is 15.8 Å². The topological polar surface area (TPSA) is 69.7 Å². The van der Waals surface area contributed by atoms with E-state index in [-0.39, 0.29) is 17.3 Å². The Morgan fingerprint density at radius 1 is 0.839 bits per heavy atom. The third-order valence-corrected chi connectivity index (χ3v) is 6.41. The molecule has 0 atom stereocenters. The van der Waals surface area contributed by atoms with Crippen molar-refractivity contribution in [2.24, 2.45) is 0 Å². The molecule has 0 spiro atoms. The highest BCUT2D eigenvalue weighted by molar-refractivity contribution is 7.90. The van der Waals surface area contributed by atoms with Gasteiger partial charge in [0, 0.05) is 0 Å². The Bertz CT molecular complexity index is 1070. The summed E-state index contributed by atoms with van der Waals surface area (Å²) in [5.41, 5.74) is 1.89. The van der Waals surface area contributed by atoms with E-state index in [9.17, 15) is 13.2 Å². The summed E-state index contributed by atoms with van der Waals surface area (Å²) in [5, 5.41) is 0. The molecular formula is C25H26O5S. The zero-order valence-electron chi connectivity index (χ0n) is 17.5. The number of unbranched alkanes of at least 4 members (excludes halogenated alkanes) is 1. The lowest BCUT2D eigenvalue weighted by atomic mass is 10.2. The van der Waals surface area contributed by atoms with Crippen LogP contribution in [0.15, 0.2) is 83.8 Å². The van der Waals surface area contributed by atoms with Gasteiger partial charge in [-0.2, -0.15) is 0 Å². The van der Waals surface area contributed by atoms with Crippen molar-refractivity contribution in [2.45, 2.75) is 37.0 Å². The van der Waals surface area contributed by atoms with E-state index < -0.39 is 15.8 Å². The number of hydrogen-bond donors (Lipinski definition) is 0. The van der Waals surface area contributed by atoms with Crippen LogP contribution in [0.25, 0.3) is 0 Å². The Balaban J connectivity index is 1.54. The summed E-state index contributed by atoms with van der Waals surface area (Å²) in [5.74, 6) is 0.221. The highest BCUT2D eigenvalue weighted by Crippen LogP contribution is 2.18. The predicted octanol–water partition coefficient (Wildman–Crippen LogP) is 5.20. The van der Waals surface area contributed by atoms with E-state index in [1.807, 2.05) is 18.2 Å². The average molecular weight is 439 g/mol. The zero-order chi connectivity index (χ0) is 22.1. The molecule has 0 bridgehead atoms. The summed E-state index contributed by atoms with van der Waals surface area (Å²) >= 11 is 0. The van der Waals surface area contributed by atoms with Crippen LogP contribution in [0.2, 0.25) is 0 Å². The summed E-state index contributed by atoms with van der Waals surface area (Å²) in [7, 11) is -3.44. The van der Waals surface area contributed by atoms with Crippen LogP contribution in [0.3, 0.4) is 0 Å². The fourth-order valence-corrected chi connectivity index (χ4v) is 4.27. The van der Waals surface area contributed by atoms with E-state index >= 15 is 0 Å². The van der Waals surface area contributed by atoms with E-state index in [0.717, 1.165) is 24.2 Å². The molecule has 3 aromatic carbocycles. The summed E-state index contributed by atoms with van der Waals surface area (Å²) < 4.78 is 36.1. The van der Waals surface area contributed by atoms with E-state index in [4.69, 9.17) is 9.47 Å². The Labute approximate surface area is 183 Å². The van der Waals surface area contributed by atoms with Gasteiger partial charge in [0.25, 0.3) is 0 Å². The molecular weight excluding hydrogens is 412 g/mol. The molecule has 0 radical (unpaired) electrons. The van der Waals surface area contributed by atoms with Crippen molar-refractivity contribution < 1.29 is 22.7 Å². The number of carbonyl (C=O) groups excluding carboxylic acids is 1. The SMILES string of the molecule is CCCCOc1ccc(C(=O)OCc2ccc(S(=O)(=O)Cc3ccccc3)cc2)cc1. The van der Waals surface area contributed by atoms with Crippen molar-refractivity contribution in [2.75, 3.05) is 6.61 Å². The van der Waals surface area contributed by atoms with Crippen LogP contribution in [0.4, 0.5) is 0 Å². The lowest BCUT2D eigenvalue weighted by Gasteiger charge is -2.08. The highest BCUT2D eigenvalue weighted by atomic mass is 32.2. The Morgan fingerprint density at radius 3 is 2.16 bits per heavy atom. The minimum Gasteiger partial charge on any atom is -0.494 e. The van der Waals surface area contributed by atoms with Gasteiger partial charge in [-0.25, -0.2) is 13.2 Å². The van der Waals surface area contributed by atoms with Crippen molar-refractivity contribution in [1.82, 2.24) is 0 Å².